The van der Waals surface area contributed by atoms with E-state index < -0.39 is 35.4 Å². The van der Waals surface area contributed by atoms with E-state index in [1.54, 1.807) is 11.3 Å². The van der Waals surface area contributed by atoms with Crippen LogP contribution in [-0.4, -0.2) is 102 Å². The number of benzene rings is 2. The van der Waals surface area contributed by atoms with Crippen molar-refractivity contribution in [3.8, 4) is 10.4 Å². The Morgan fingerprint density at radius 1 is 1.04 bits per heavy atom. The van der Waals surface area contributed by atoms with Crippen molar-refractivity contribution < 1.29 is 29.0 Å². The molecule has 0 radical (unpaired) electrons. The van der Waals surface area contributed by atoms with Gasteiger partial charge in [0, 0.05) is 50.7 Å². The van der Waals surface area contributed by atoms with Crippen molar-refractivity contribution in [2.24, 2.45) is 11.1 Å². The summed E-state index contributed by atoms with van der Waals surface area (Å²) in [5.74, 6) is -1.36. The van der Waals surface area contributed by atoms with Gasteiger partial charge in [0.15, 0.2) is 5.78 Å². The third kappa shape index (κ3) is 10.1. The first-order chi connectivity index (χ1) is 25.6. The molecule has 292 valence electrons. The Morgan fingerprint density at radius 2 is 1.72 bits per heavy atom. The predicted molar refractivity (Wildman–Crippen MR) is 210 cm³/mol. The maximum Gasteiger partial charge on any atom is 0.246 e. The third-order valence-electron chi connectivity index (χ3n) is 10.2. The van der Waals surface area contributed by atoms with Gasteiger partial charge in [0.05, 0.1) is 34.8 Å². The van der Waals surface area contributed by atoms with Gasteiger partial charge in [-0.2, -0.15) is 0 Å². The van der Waals surface area contributed by atoms with Crippen molar-refractivity contribution >= 4 is 40.5 Å². The Bertz CT molecular complexity index is 1760. The monoisotopic (exact) mass is 761 g/mol. The number of nitrogens with zero attached hydrogens (tertiary/aromatic N) is 3. The van der Waals surface area contributed by atoms with E-state index in [0.717, 1.165) is 39.5 Å². The summed E-state index contributed by atoms with van der Waals surface area (Å²) in [4.78, 5) is 62.9. The molecule has 0 bridgehead atoms. The molecule has 5 rings (SSSR count). The largest absolute Gasteiger partial charge is 0.391 e. The quantitative estimate of drug-likeness (QED) is 0.153. The number of nitrogens with one attached hydrogen (secondary N) is 3. The van der Waals surface area contributed by atoms with Crippen molar-refractivity contribution in [1.29, 1.82) is 0 Å². The molecule has 0 saturated carbocycles. The second-order valence-corrected chi connectivity index (χ2v) is 16.3. The number of carbonyl (C=O) groups is 4. The molecule has 3 heterocycles. The summed E-state index contributed by atoms with van der Waals surface area (Å²) in [5.41, 5.74) is 12.0. The first-order valence-electron chi connectivity index (χ1n) is 18.7. The fourth-order valence-electron chi connectivity index (χ4n) is 6.99. The van der Waals surface area contributed by atoms with Gasteiger partial charge in [-0.3, -0.25) is 19.2 Å². The Balaban J connectivity index is 1.14. The Morgan fingerprint density at radius 3 is 2.35 bits per heavy atom. The molecule has 0 spiro atoms. The third-order valence-corrected chi connectivity index (χ3v) is 11.1. The van der Waals surface area contributed by atoms with E-state index in [2.05, 4.69) is 25.8 Å². The summed E-state index contributed by atoms with van der Waals surface area (Å²) < 4.78 is 5.64. The molecule has 1 aromatic heterocycles. The average molecular weight is 762 g/mol. The number of ether oxygens (including phenoxy) is 1. The maximum atomic E-state index is 14.0. The fraction of sp³-hybridized carbons (Fsp3) is 0.525. The van der Waals surface area contributed by atoms with Crippen molar-refractivity contribution in [3.05, 3.63) is 70.9 Å². The number of aryl methyl sites for hydroxylation is 1. The number of piperazine rings is 1. The highest BCUT2D eigenvalue weighted by Gasteiger charge is 2.44. The van der Waals surface area contributed by atoms with Gasteiger partial charge in [0.2, 0.25) is 17.7 Å². The Hall–Kier alpha value is -4.21. The van der Waals surface area contributed by atoms with Gasteiger partial charge in [-0.05, 0) is 55.0 Å². The van der Waals surface area contributed by atoms with Crippen LogP contribution in [0.4, 0.5) is 5.69 Å². The molecule has 2 aromatic carbocycles. The second kappa shape index (κ2) is 17.9. The SMILES string of the molecule is Cc1ncsc1-c1ccc([C@H](C)NC(=O)[C@@H]2C[C@@H](O)CN2C(=O)[C@@H](NC(=O)COCCC(=O)C2CNCCN2c2ccc([C@H](C)N)cc2)C(C)(C)C)cc1. The van der Waals surface area contributed by atoms with E-state index in [1.165, 1.54) is 4.90 Å². The van der Waals surface area contributed by atoms with Gasteiger partial charge in [0.25, 0.3) is 0 Å². The van der Waals surface area contributed by atoms with Gasteiger partial charge in [-0.15, -0.1) is 11.3 Å². The number of hydrogen-bond acceptors (Lipinski definition) is 11. The van der Waals surface area contributed by atoms with Crippen LogP contribution in [-0.2, 0) is 23.9 Å². The Kier molecular flexibility index (Phi) is 13.6. The lowest BCUT2D eigenvalue weighted by molar-refractivity contribution is -0.144. The summed E-state index contributed by atoms with van der Waals surface area (Å²) in [7, 11) is 0. The molecule has 14 heteroatoms. The van der Waals surface area contributed by atoms with E-state index in [4.69, 9.17) is 10.5 Å². The molecule has 1 unspecified atom stereocenters. The van der Waals surface area contributed by atoms with Crippen LogP contribution in [0.3, 0.4) is 0 Å². The second-order valence-electron chi connectivity index (χ2n) is 15.4. The number of likely N-dealkylation sites (tertiary alicyclic amines) is 1. The van der Waals surface area contributed by atoms with Crippen LogP contribution < -0.4 is 26.6 Å². The first-order valence-corrected chi connectivity index (χ1v) is 19.5. The predicted octanol–water partition coefficient (Wildman–Crippen LogP) is 3.26. The highest BCUT2D eigenvalue weighted by atomic mass is 32.1. The number of aliphatic hydroxyl groups is 1. The molecule has 2 aliphatic heterocycles. The van der Waals surface area contributed by atoms with Crippen LogP contribution in [0.5, 0.6) is 0 Å². The molecule has 2 aliphatic rings. The summed E-state index contributed by atoms with van der Waals surface area (Å²) >= 11 is 1.57. The zero-order valence-corrected chi connectivity index (χ0v) is 32.9. The first kappa shape index (κ1) is 41.0. The highest BCUT2D eigenvalue weighted by molar-refractivity contribution is 7.13. The van der Waals surface area contributed by atoms with Crippen molar-refractivity contribution in [2.75, 3.05) is 44.3 Å². The maximum absolute atomic E-state index is 14.0. The molecule has 6 atom stereocenters. The minimum Gasteiger partial charge on any atom is -0.391 e. The normalized spacial score (nSPS) is 20.6. The topological polar surface area (TPSA) is 179 Å². The van der Waals surface area contributed by atoms with Crippen LogP contribution in [0.15, 0.2) is 54.0 Å². The average Bonchev–Trinajstić information content (AvgIpc) is 3.76. The standard InChI is InChI=1S/C40H55N7O6S/c1-24(41)27-11-13-30(14-12-27)46-17-16-42-20-33(46)34(49)15-18-53-22-35(50)45-37(40(4,5)6)39(52)47-21-31(48)19-32(47)38(51)44-25(2)28-7-9-29(10-8-28)36-26(3)43-23-54-36/h7-14,23-25,31-33,37,42,48H,15-22,41H2,1-6H3,(H,44,51)(H,45,50)/t24-,25-,31+,32-,33?,37+/m0/s1. The summed E-state index contributed by atoms with van der Waals surface area (Å²) in [6.45, 7) is 12.9. The summed E-state index contributed by atoms with van der Waals surface area (Å²) in [6.07, 6.45) is -0.683. The van der Waals surface area contributed by atoms with Gasteiger partial charge in [0.1, 0.15) is 24.7 Å². The van der Waals surface area contributed by atoms with Gasteiger partial charge >= 0.3 is 0 Å². The minimum atomic E-state index is -0.994. The van der Waals surface area contributed by atoms with Crippen LogP contribution in [0, 0.1) is 12.3 Å². The van der Waals surface area contributed by atoms with Crippen LogP contribution in [0.2, 0.25) is 0 Å². The van der Waals surface area contributed by atoms with Gasteiger partial charge < -0.3 is 41.3 Å². The van der Waals surface area contributed by atoms with Gasteiger partial charge in [-0.1, -0.05) is 57.2 Å². The van der Waals surface area contributed by atoms with Crippen molar-refractivity contribution in [1.82, 2.24) is 25.8 Å². The number of nitrogens with two attached hydrogens (primary N) is 1. The molecule has 13 nitrogen and oxygen atoms in total. The number of thiazole rings is 1. The van der Waals surface area contributed by atoms with Crippen molar-refractivity contribution in [2.45, 2.75) is 90.7 Å². The Labute approximate surface area is 322 Å². The number of amides is 3. The van der Waals surface area contributed by atoms with Crippen LogP contribution >= 0.6 is 11.3 Å². The number of rotatable bonds is 14. The molecule has 2 saturated heterocycles. The van der Waals surface area contributed by atoms with E-state index in [-0.39, 0.29) is 62.4 Å². The zero-order chi connectivity index (χ0) is 39.2. The molecule has 3 aromatic rings. The number of hydrogen-bond donors (Lipinski definition) is 5. The number of carbonyl (C=O) groups excluding carboxylic acids is 4. The highest BCUT2D eigenvalue weighted by Crippen LogP contribution is 2.30. The molecule has 6 N–H and O–H groups in total. The molecule has 54 heavy (non-hydrogen) atoms. The molecule has 0 aliphatic carbocycles. The summed E-state index contributed by atoms with van der Waals surface area (Å²) in [5, 5.41) is 19.7. The number of aromatic nitrogens is 1. The van der Waals surface area contributed by atoms with E-state index in [9.17, 15) is 24.3 Å². The number of aliphatic hydroxyl groups excluding tert-OH is 1. The lowest BCUT2D eigenvalue weighted by Crippen LogP contribution is -2.58. The lowest BCUT2D eigenvalue weighted by Gasteiger charge is -2.37. The number of ketones is 1. The molecule has 2 fully saturated rings. The van der Waals surface area contributed by atoms with E-state index in [1.807, 2.05) is 95.6 Å². The van der Waals surface area contributed by atoms with Crippen LogP contribution in [0.25, 0.3) is 10.4 Å². The number of anilines is 1. The molecular formula is C40H55N7O6S. The molecular weight excluding hydrogens is 707 g/mol. The lowest BCUT2D eigenvalue weighted by atomic mass is 9.85. The number of β-amino-alcohol motifs (C(OH)–C–C–N with tert-alkyl or cyclic N) is 1. The number of Topliss-reactive ketones (excluding diaryl/α,β-unsaturated/α-hetero) is 1. The molecule has 3 amide bonds. The van der Waals surface area contributed by atoms with Crippen molar-refractivity contribution in [3.63, 3.8) is 0 Å². The summed E-state index contributed by atoms with van der Waals surface area (Å²) in [6, 6.07) is 13.1. The minimum absolute atomic E-state index is 0.00382. The van der Waals surface area contributed by atoms with E-state index in [0.29, 0.717) is 13.1 Å². The van der Waals surface area contributed by atoms with Gasteiger partial charge in [-0.25, -0.2) is 4.98 Å². The van der Waals surface area contributed by atoms with E-state index >= 15 is 0 Å². The fourth-order valence-corrected chi connectivity index (χ4v) is 7.80. The smallest absolute Gasteiger partial charge is 0.246 e. The van der Waals surface area contributed by atoms with Crippen LogP contribution in [0.1, 0.15) is 76.4 Å². The zero-order valence-electron chi connectivity index (χ0n) is 32.1.